The summed E-state index contributed by atoms with van der Waals surface area (Å²) in [5.74, 6) is -2.04. The molecule has 1 aromatic rings. The zero-order valence-electron chi connectivity index (χ0n) is 11.1. The Labute approximate surface area is 111 Å². The first-order valence-electron chi connectivity index (χ1n) is 6.51. The van der Waals surface area contributed by atoms with Gasteiger partial charge in [-0.1, -0.05) is 18.6 Å². The monoisotopic (exact) mass is 269 g/mol. The SMILES string of the molecule is CC1=CC(C)CC(CNc2cc(F)c(F)cc2F)C1. The molecular weight excluding hydrogens is 251 g/mol. The van der Waals surface area contributed by atoms with Crippen LogP contribution in [0.3, 0.4) is 0 Å². The summed E-state index contributed by atoms with van der Waals surface area (Å²) in [6.45, 7) is 4.80. The van der Waals surface area contributed by atoms with Gasteiger partial charge >= 0.3 is 0 Å². The Bertz CT molecular complexity index is 496. The number of benzene rings is 1. The molecule has 4 heteroatoms. The number of nitrogens with one attached hydrogen (secondary N) is 1. The Hall–Kier alpha value is -1.45. The van der Waals surface area contributed by atoms with Crippen molar-refractivity contribution in [2.75, 3.05) is 11.9 Å². The van der Waals surface area contributed by atoms with E-state index in [-0.39, 0.29) is 5.69 Å². The van der Waals surface area contributed by atoms with E-state index in [2.05, 4.69) is 25.2 Å². The van der Waals surface area contributed by atoms with E-state index >= 15 is 0 Å². The van der Waals surface area contributed by atoms with Crippen LogP contribution in [0.15, 0.2) is 23.8 Å². The Kier molecular flexibility index (Phi) is 4.17. The summed E-state index contributed by atoms with van der Waals surface area (Å²) in [6, 6.07) is 1.45. The molecule has 1 aliphatic rings. The third-order valence-electron chi connectivity index (χ3n) is 3.48. The van der Waals surface area contributed by atoms with Crippen LogP contribution in [-0.4, -0.2) is 6.54 Å². The van der Waals surface area contributed by atoms with Crippen LogP contribution >= 0.6 is 0 Å². The van der Waals surface area contributed by atoms with Crippen LogP contribution in [0.25, 0.3) is 0 Å². The highest BCUT2D eigenvalue weighted by Crippen LogP contribution is 2.28. The third-order valence-corrected chi connectivity index (χ3v) is 3.48. The number of anilines is 1. The molecule has 2 rings (SSSR count). The van der Waals surface area contributed by atoms with Crippen molar-refractivity contribution in [2.45, 2.75) is 26.7 Å². The van der Waals surface area contributed by atoms with Crippen molar-refractivity contribution >= 4 is 5.69 Å². The summed E-state index contributed by atoms with van der Waals surface area (Å²) in [5, 5.41) is 2.88. The summed E-state index contributed by atoms with van der Waals surface area (Å²) in [6.07, 6.45) is 4.23. The number of allylic oxidation sites excluding steroid dienone is 2. The van der Waals surface area contributed by atoms with Crippen LogP contribution in [0.5, 0.6) is 0 Å². The van der Waals surface area contributed by atoms with Gasteiger partial charge in [-0.25, -0.2) is 13.2 Å². The van der Waals surface area contributed by atoms with E-state index in [0.29, 0.717) is 24.4 Å². The summed E-state index contributed by atoms with van der Waals surface area (Å²) in [5.41, 5.74) is 1.36. The van der Waals surface area contributed by atoms with E-state index in [9.17, 15) is 13.2 Å². The summed E-state index contributed by atoms with van der Waals surface area (Å²) in [7, 11) is 0. The molecule has 0 amide bonds. The molecular formula is C15H18F3N. The zero-order chi connectivity index (χ0) is 14.0. The van der Waals surface area contributed by atoms with Gasteiger partial charge in [0.15, 0.2) is 11.6 Å². The lowest BCUT2D eigenvalue weighted by Crippen LogP contribution is -2.20. The Morgan fingerprint density at radius 1 is 1.16 bits per heavy atom. The first kappa shape index (κ1) is 14.0. The topological polar surface area (TPSA) is 12.0 Å². The molecule has 2 unspecified atom stereocenters. The maximum atomic E-state index is 13.5. The Morgan fingerprint density at radius 2 is 1.84 bits per heavy atom. The Morgan fingerprint density at radius 3 is 2.53 bits per heavy atom. The van der Waals surface area contributed by atoms with Crippen molar-refractivity contribution in [3.8, 4) is 0 Å². The lowest BCUT2D eigenvalue weighted by Gasteiger charge is -2.26. The van der Waals surface area contributed by atoms with E-state index < -0.39 is 17.5 Å². The lowest BCUT2D eigenvalue weighted by atomic mass is 9.84. The second kappa shape index (κ2) is 5.68. The minimum Gasteiger partial charge on any atom is -0.382 e. The predicted octanol–water partition coefficient (Wildman–Crippen LogP) is 4.51. The molecule has 104 valence electrons. The lowest BCUT2D eigenvalue weighted by molar-refractivity contribution is 0.420. The van der Waals surface area contributed by atoms with Gasteiger partial charge in [0, 0.05) is 18.7 Å². The van der Waals surface area contributed by atoms with Gasteiger partial charge < -0.3 is 5.32 Å². The van der Waals surface area contributed by atoms with E-state index in [1.807, 2.05) is 0 Å². The molecule has 0 aromatic heterocycles. The molecule has 0 radical (unpaired) electrons. The molecule has 1 nitrogen and oxygen atoms in total. The highest BCUT2D eigenvalue weighted by molar-refractivity contribution is 5.45. The first-order chi connectivity index (χ1) is 8.95. The summed E-state index contributed by atoms with van der Waals surface area (Å²) < 4.78 is 39.3. The van der Waals surface area contributed by atoms with Gasteiger partial charge in [0.25, 0.3) is 0 Å². The molecule has 0 spiro atoms. The molecule has 1 aromatic carbocycles. The smallest absolute Gasteiger partial charge is 0.161 e. The molecule has 19 heavy (non-hydrogen) atoms. The first-order valence-corrected chi connectivity index (χ1v) is 6.51. The van der Waals surface area contributed by atoms with Crippen LogP contribution in [0.1, 0.15) is 26.7 Å². The van der Waals surface area contributed by atoms with Crippen LogP contribution < -0.4 is 5.32 Å². The molecule has 0 fully saturated rings. The fraction of sp³-hybridized carbons (Fsp3) is 0.467. The second-order valence-corrected chi connectivity index (χ2v) is 5.42. The second-order valence-electron chi connectivity index (χ2n) is 5.42. The normalized spacial score (nSPS) is 23.1. The average Bonchev–Trinajstić information content (AvgIpc) is 2.31. The Balaban J connectivity index is 2.00. The molecule has 1 N–H and O–H groups in total. The van der Waals surface area contributed by atoms with Gasteiger partial charge in [-0.15, -0.1) is 0 Å². The maximum absolute atomic E-state index is 13.5. The van der Waals surface area contributed by atoms with E-state index in [1.54, 1.807) is 0 Å². The number of hydrogen-bond donors (Lipinski definition) is 1. The van der Waals surface area contributed by atoms with E-state index in [4.69, 9.17) is 0 Å². The van der Waals surface area contributed by atoms with Crippen molar-refractivity contribution in [2.24, 2.45) is 11.8 Å². The molecule has 0 saturated heterocycles. The van der Waals surface area contributed by atoms with E-state index in [1.165, 1.54) is 5.57 Å². The predicted molar refractivity (Wildman–Crippen MR) is 70.5 cm³/mol. The van der Waals surface area contributed by atoms with Crippen LogP contribution in [0.4, 0.5) is 18.9 Å². The zero-order valence-corrected chi connectivity index (χ0v) is 11.1. The quantitative estimate of drug-likeness (QED) is 0.629. The third kappa shape index (κ3) is 3.52. The highest BCUT2D eigenvalue weighted by Gasteiger charge is 2.18. The van der Waals surface area contributed by atoms with Crippen molar-refractivity contribution in [3.63, 3.8) is 0 Å². The maximum Gasteiger partial charge on any atom is 0.161 e. The van der Waals surface area contributed by atoms with Crippen molar-refractivity contribution in [1.82, 2.24) is 0 Å². The average molecular weight is 269 g/mol. The van der Waals surface area contributed by atoms with Crippen molar-refractivity contribution < 1.29 is 13.2 Å². The number of rotatable bonds is 3. The van der Waals surface area contributed by atoms with Gasteiger partial charge in [-0.05, 0) is 31.6 Å². The molecule has 0 bridgehead atoms. The van der Waals surface area contributed by atoms with Crippen LogP contribution in [0.2, 0.25) is 0 Å². The van der Waals surface area contributed by atoms with Crippen molar-refractivity contribution in [3.05, 3.63) is 41.2 Å². The number of hydrogen-bond acceptors (Lipinski definition) is 1. The molecule has 0 heterocycles. The van der Waals surface area contributed by atoms with Gasteiger partial charge in [0.1, 0.15) is 5.82 Å². The van der Waals surface area contributed by atoms with Crippen LogP contribution in [0, 0.1) is 29.3 Å². The van der Waals surface area contributed by atoms with Gasteiger partial charge in [0.2, 0.25) is 0 Å². The molecule has 0 aliphatic heterocycles. The molecule has 2 atom stereocenters. The van der Waals surface area contributed by atoms with Crippen LogP contribution in [-0.2, 0) is 0 Å². The summed E-state index contributed by atoms with van der Waals surface area (Å²) in [4.78, 5) is 0. The minimum absolute atomic E-state index is 0.0266. The van der Waals surface area contributed by atoms with Gasteiger partial charge in [-0.2, -0.15) is 0 Å². The summed E-state index contributed by atoms with van der Waals surface area (Å²) >= 11 is 0. The largest absolute Gasteiger partial charge is 0.382 e. The standard InChI is InChI=1S/C15H18F3N/c1-9-3-10(2)5-11(4-9)8-19-15-7-13(17)12(16)6-14(15)18/h3,6-7,9,11,19H,4-5,8H2,1-2H3. The van der Waals surface area contributed by atoms with Gasteiger partial charge in [-0.3, -0.25) is 0 Å². The number of halogens is 3. The van der Waals surface area contributed by atoms with Crippen molar-refractivity contribution in [1.29, 1.82) is 0 Å². The minimum atomic E-state index is -1.16. The fourth-order valence-corrected chi connectivity index (χ4v) is 2.75. The molecule has 1 aliphatic carbocycles. The molecule has 0 saturated carbocycles. The fourth-order valence-electron chi connectivity index (χ4n) is 2.75. The van der Waals surface area contributed by atoms with Gasteiger partial charge in [0.05, 0.1) is 5.69 Å². The van der Waals surface area contributed by atoms with E-state index in [0.717, 1.165) is 18.9 Å². The highest BCUT2D eigenvalue weighted by atomic mass is 19.2.